The standard InChI is InChI=1S/C16H21N3O2/c20-15-6-7-16(21)19(15)13-18-10-8-17(9-11-18)12-14-4-2-1-3-5-14/h1-5H,6-13H2/p+2. The van der Waals surface area contributed by atoms with Gasteiger partial charge in [0.1, 0.15) is 32.7 Å². The minimum atomic E-state index is 0.00608. The van der Waals surface area contributed by atoms with E-state index in [0.29, 0.717) is 19.5 Å². The number of imide groups is 1. The average Bonchev–Trinajstić information content (AvgIpc) is 2.82. The Morgan fingerprint density at radius 3 is 2.05 bits per heavy atom. The van der Waals surface area contributed by atoms with Gasteiger partial charge < -0.3 is 9.80 Å². The molecule has 0 radical (unpaired) electrons. The number of nitrogens with one attached hydrogen (secondary N) is 2. The Kier molecular flexibility index (Phi) is 4.31. The van der Waals surface area contributed by atoms with Crippen LogP contribution in [0.3, 0.4) is 0 Å². The van der Waals surface area contributed by atoms with Gasteiger partial charge in [-0.15, -0.1) is 0 Å². The third-order valence-electron chi connectivity index (χ3n) is 4.50. The van der Waals surface area contributed by atoms with Gasteiger partial charge in [0.05, 0.1) is 0 Å². The van der Waals surface area contributed by atoms with Crippen molar-refractivity contribution in [3.63, 3.8) is 0 Å². The number of quaternary nitrogens is 2. The molecule has 0 atom stereocenters. The number of carbonyl (C=O) groups is 2. The number of nitrogens with zero attached hydrogens (tertiary/aromatic N) is 1. The highest BCUT2D eigenvalue weighted by atomic mass is 16.2. The fraction of sp³-hybridized carbons (Fsp3) is 0.500. The SMILES string of the molecule is O=C1CCC(=O)N1C[NH+]1CC[NH+](Cc2ccccc2)CC1. The van der Waals surface area contributed by atoms with Crippen molar-refractivity contribution < 1.29 is 19.4 Å². The topological polar surface area (TPSA) is 46.3 Å². The van der Waals surface area contributed by atoms with Crippen LogP contribution in [0.1, 0.15) is 18.4 Å². The lowest BCUT2D eigenvalue weighted by Gasteiger charge is -2.31. The molecule has 2 fully saturated rings. The molecule has 0 aromatic heterocycles. The van der Waals surface area contributed by atoms with Crippen LogP contribution in [0.4, 0.5) is 0 Å². The fourth-order valence-electron chi connectivity index (χ4n) is 3.20. The molecule has 0 aliphatic carbocycles. The van der Waals surface area contributed by atoms with E-state index in [4.69, 9.17) is 0 Å². The molecule has 0 unspecified atom stereocenters. The molecule has 5 nitrogen and oxygen atoms in total. The van der Waals surface area contributed by atoms with Crippen molar-refractivity contribution in [3.8, 4) is 0 Å². The summed E-state index contributed by atoms with van der Waals surface area (Å²) < 4.78 is 0. The summed E-state index contributed by atoms with van der Waals surface area (Å²) in [5.41, 5.74) is 1.38. The normalized spacial score (nSPS) is 26.4. The summed E-state index contributed by atoms with van der Waals surface area (Å²) in [6.07, 6.45) is 0.801. The Morgan fingerprint density at radius 1 is 0.857 bits per heavy atom. The molecule has 0 spiro atoms. The van der Waals surface area contributed by atoms with Crippen molar-refractivity contribution in [1.29, 1.82) is 0 Å². The molecule has 2 saturated heterocycles. The number of carbonyl (C=O) groups excluding carboxylic acids is 2. The van der Waals surface area contributed by atoms with Gasteiger partial charge in [0.25, 0.3) is 0 Å². The van der Waals surface area contributed by atoms with Crippen LogP contribution in [0.15, 0.2) is 30.3 Å². The lowest BCUT2D eigenvalue weighted by molar-refractivity contribution is -1.02. The van der Waals surface area contributed by atoms with Crippen LogP contribution in [-0.4, -0.2) is 49.6 Å². The number of hydrogen-bond donors (Lipinski definition) is 2. The van der Waals surface area contributed by atoms with E-state index >= 15 is 0 Å². The molecule has 3 rings (SSSR count). The first-order valence-electron chi connectivity index (χ1n) is 7.76. The van der Waals surface area contributed by atoms with E-state index in [9.17, 15) is 9.59 Å². The monoisotopic (exact) mass is 289 g/mol. The number of piperazine rings is 1. The Bertz CT molecular complexity index is 494. The Balaban J connectivity index is 1.47. The number of amides is 2. The van der Waals surface area contributed by atoms with E-state index in [2.05, 4.69) is 24.3 Å². The predicted octanol–water partition coefficient (Wildman–Crippen LogP) is -1.92. The van der Waals surface area contributed by atoms with Gasteiger partial charge >= 0.3 is 0 Å². The van der Waals surface area contributed by atoms with Gasteiger partial charge in [0.15, 0.2) is 6.67 Å². The Morgan fingerprint density at radius 2 is 1.43 bits per heavy atom. The first kappa shape index (κ1) is 14.2. The molecule has 0 saturated carbocycles. The zero-order chi connectivity index (χ0) is 14.7. The molecule has 0 bridgehead atoms. The Hall–Kier alpha value is -1.72. The molecule has 5 heteroatoms. The highest BCUT2D eigenvalue weighted by Crippen LogP contribution is 2.09. The third kappa shape index (κ3) is 3.49. The number of likely N-dealkylation sites (tertiary alicyclic amines) is 1. The molecular formula is C16H23N3O2+2. The van der Waals surface area contributed by atoms with Crippen molar-refractivity contribution >= 4 is 11.8 Å². The maximum absolute atomic E-state index is 11.7. The minimum absolute atomic E-state index is 0.00608. The van der Waals surface area contributed by atoms with Gasteiger partial charge in [-0.2, -0.15) is 0 Å². The molecule has 21 heavy (non-hydrogen) atoms. The van der Waals surface area contributed by atoms with Gasteiger partial charge in [0.2, 0.25) is 11.8 Å². The van der Waals surface area contributed by atoms with E-state index in [0.717, 1.165) is 32.7 Å². The summed E-state index contributed by atoms with van der Waals surface area (Å²) >= 11 is 0. The Labute approximate surface area is 125 Å². The predicted molar refractivity (Wildman–Crippen MR) is 77.5 cm³/mol. The van der Waals surface area contributed by atoms with Crippen molar-refractivity contribution in [2.75, 3.05) is 32.8 Å². The maximum atomic E-state index is 11.7. The zero-order valence-corrected chi connectivity index (χ0v) is 12.3. The summed E-state index contributed by atoms with van der Waals surface area (Å²) in [5, 5.41) is 0. The summed E-state index contributed by atoms with van der Waals surface area (Å²) in [6.45, 7) is 5.88. The smallest absolute Gasteiger partial charge is 0.234 e. The van der Waals surface area contributed by atoms with E-state index in [-0.39, 0.29) is 11.8 Å². The first-order valence-corrected chi connectivity index (χ1v) is 7.76. The van der Waals surface area contributed by atoms with Crippen molar-refractivity contribution in [2.45, 2.75) is 19.4 Å². The lowest BCUT2D eigenvalue weighted by atomic mass is 10.2. The molecule has 112 valence electrons. The van der Waals surface area contributed by atoms with Gasteiger partial charge in [-0.1, -0.05) is 30.3 Å². The summed E-state index contributed by atoms with van der Waals surface area (Å²) in [5.74, 6) is 0.0122. The summed E-state index contributed by atoms with van der Waals surface area (Å²) in [4.78, 5) is 27.7. The first-order chi connectivity index (χ1) is 10.2. The second kappa shape index (κ2) is 6.37. The molecule has 2 heterocycles. The highest BCUT2D eigenvalue weighted by molar-refractivity contribution is 6.01. The van der Waals surface area contributed by atoms with E-state index in [1.54, 1.807) is 4.90 Å². The molecule has 1 aromatic rings. The van der Waals surface area contributed by atoms with Gasteiger partial charge in [0, 0.05) is 18.4 Å². The number of rotatable bonds is 4. The fourth-order valence-corrected chi connectivity index (χ4v) is 3.20. The lowest BCUT2D eigenvalue weighted by Crippen LogP contribution is -3.28. The van der Waals surface area contributed by atoms with Gasteiger partial charge in [-0.05, 0) is 0 Å². The van der Waals surface area contributed by atoms with Crippen molar-refractivity contribution in [1.82, 2.24) is 4.90 Å². The van der Waals surface area contributed by atoms with E-state index < -0.39 is 0 Å². The summed E-state index contributed by atoms with van der Waals surface area (Å²) in [7, 11) is 0. The zero-order valence-electron chi connectivity index (χ0n) is 12.3. The van der Waals surface area contributed by atoms with Crippen molar-refractivity contribution in [3.05, 3.63) is 35.9 Å². The molecule has 2 amide bonds. The number of hydrogen-bond acceptors (Lipinski definition) is 2. The average molecular weight is 289 g/mol. The van der Waals surface area contributed by atoms with Gasteiger partial charge in [-0.3, -0.25) is 9.59 Å². The third-order valence-corrected chi connectivity index (χ3v) is 4.50. The van der Waals surface area contributed by atoms with Crippen LogP contribution in [0.5, 0.6) is 0 Å². The van der Waals surface area contributed by atoms with Crippen LogP contribution >= 0.6 is 0 Å². The molecule has 2 aliphatic rings. The molecule has 2 aliphatic heterocycles. The van der Waals surface area contributed by atoms with Crippen LogP contribution < -0.4 is 9.80 Å². The van der Waals surface area contributed by atoms with Crippen molar-refractivity contribution in [2.24, 2.45) is 0 Å². The summed E-state index contributed by atoms with van der Waals surface area (Å²) in [6, 6.07) is 10.6. The molecule has 2 N–H and O–H groups in total. The van der Waals surface area contributed by atoms with Crippen LogP contribution in [0.2, 0.25) is 0 Å². The van der Waals surface area contributed by atoms with Gasteiger partial charge in [-0.25, -0.2) is 4.90 Å². The number of benzene rings is 1. The minimum Gasteiger partial charge on any atom is -0.322 e. The molecular weight excluding hydrogens is 266 g/mol. The maximum Gasteiger partial charge on any atom is 0.234 e. The van der Waals surface area contributed by atoms with Crippen LogP contribution in [0.25, 0.3) is 0 Å². The van der Waals surface area contributed by atoms with Crippen LogP contribution in [0, 0.1) is 0 Å². The second-order valence-electron chi connectivity index (χ2n) is 6.04. The quantitative estimate of drug-likeness (QED) is 0.635. The molecule has 1 aromatic carbocycles. The van der Waals surface area contributed by atoms with E-state index in [1.165, 1.54) is 15.4 Å². The second-order valence-corrected chi connectivity index (χ2v) is 6.04. The largest absolute Gasteiger partial charge is 0.322 e. The highest BCUT2D eigenvalue weighted by Gasteiger charge is 2.33. The van der Waals surface area contributed by atoms with Crippen LogP contribution in [-0.2, 0) is 16.1 Å². The van der Waals surface area contributed by atoms with E-state index in [1.807, 2.05) is 6.07 Å².